The van der Waals surface area contributed by atoms with Gasteiger partial charge in [-0.25, -0.2) is 9.97 Å². The summed E-state index contributed by atoms with van der Waals surface area (Å²) in [4.78, 5) is 23.9. The number of nitrogens with one attached hydrogen (secondary N) is 1. The van der Waals surface area contributed by atoms with Crippen LogP contribution in [0.25, 0.3) is 11.4 Å². The van der Waals surface area contributed by atoms with Gasteiger partial charge >= 0.3 is 0 Å². The third-order valence-corrected chi connectivity index (χ3v) is 4.35. The molecular formula is C20H24N4O. The lowest BCUT2D eigenvalue weighted by molar-refractivity contribution is 0.0677. The van der Waals surface area contributed by atoms with Gasteiger partial charge in [0, 0.05) is 31.3 Å². The molecule has 1 saturated heterocycles. The topological polar surface area (TPSA) is 58.1 Å². The average Bonchev–Trinajstić information content (AvgIpc) is 2.66. The van der Waals surface area contributed by atoms with Crippen LogP contribution < -0.4 is 5.32 Å². The molecular weight excluding hydrogens is 312 g/mol. The Balaban J connectivity index is 1.94. The van der Waals surface area contributed by atoms with Gasteiger partial charge in [-0.2, -0.15) is 0 Å². The maximum Gasteiger partial charge on any atom is 0.272 e. The number of piperidine rings is 1. The fraction of sp³-hybridized carbons (Fsp3) is 0.350. The molecule has 0 bridgehead atoms. The summed E-state index contributed by atoms with van der Waals surface area (Å²) in [7, 11) is 0. The molecule has 1 aromatic heterocycles. The number of likely N-dealkylation sites (tertiary alicyclic amines) is 1. The summed E-state index contributed by atoms with van der Waals surface area (Å²) in [5, 5.41) is 3.17. The molecule has 1 aromatic carbocycles. The van der Waals surface area contributed by atoms with E-state index in [1.165, 1.54) is 6.42 Å². The molecule has 2 heterocycles. The minimum atomic E-state index is -0.0206. The number of hydrogen-bond acceptors (Lipinski definition) is 4. The quantitative estimate of drug-likeness (QED) is 0.847. The Bertz CT molecular complexity index is 745. The summed E-state index contributed by atoms with van der Waals surface area (Å²) in [5.74, 6) is 1.71. The van der Waals surface area contributed by atoms with Crippen molar-refractivity contribution in [2.45, 2.75) is 19.8 Å². The van der Waals surface area contributed by atoms with Crippen LogP contribution >= 0.6 is 0 Å². The van der Waals surface area contributed by atoms with Crippen LogP contribution in [0.5, 0.6) is 0 Å². The van der Waals surface area contributed by atoms with Crippen molar-refractivity contribution in [1.29, 1.82) is 0 Å². The number of carbonyl (C=O) groups is 1. The summed E-state index contributed by atoms with van der Waals surface area (Å²) >= 11 is 0. The molecule has 2 aromatic rings. The zero-order chi connectivity index (χ0) is 17.6. The first kappa shape index (κ1) is 17.1. The Hall–Kier alpha value is -2.69. The fourth-order valence-electron chi connectivity index (χ4n) is 3.08. The molecule has 1 fully saturated rings. The number of carbonyl (C=O) groups excluding carboxylic acids is 1. The number of anilines is 1. The highest BCUT2D eigenvalue weighted by Crippen LogP contribution is 2.21. The van der Waals surface area contributed by atoms with E-state index in [-0.39, 0.29) is 5.91 Å². The van der Waals surface area contributed by atoms with Crippen molar-refractivity contribution >= 4 is 11.7 Å². The van der Waals surface area contributed by atoms with Gasteiger partial charge in [0.1, 0.15) is 11.5 Å². The highest BCUT2D eigenvalue weighted by atomic mass is 16.2. The third kappa shape index (κ3) is 4.24. The van der Waals surface area contributed by atoms with Crippen molar-refractivity contribution in [3.05, 3.63) is 54.7 Å². The van der Waals surface area contributed by atoms with Gasteiger partial charge in [-0.3, -0.25) is 4.79 Å². The Kier molecular flexibility index (Phi) is 5.43. The van der Waals surface area contributed by atoms with E-state index in [0.717, 1.165) is 25.1 Å². The molecule has 1 N–H and O–H groups in total. The number of amides is 1. The van der Waals surface area contributed by atoms with Crippen LogP contribution in [0.15, 0.2) is 49.1 Å². The third-order valence-electron chi connectivity index (χ3n) is 4.35. The van der Waals surface area contributed by atoms with Crippen molar-refractivity contribution in [1.82, 2.24) is 14.9 Å². The fourth-order valence-corrected chi connectivity index (χ4v) is 3.08. The first-order valence-corrected chi connectivity index (χ1v) is 8.76. The smallest absolute Gasteiger partial charge is 0.272 e. The van der Waals surface area contributed by atoms with Crippen molar-refractivity contribution in [2.24, 2.45) is 5.92 Å². The van der Waals surface area contributed by atoms with Crippen molar-refractivity contribution in [3.63, 3.8) is 0 Å². The Labute approximate surface area is 148 Å². The normalized spacial score (nSPS) is 17.2. The van der Waals surface area contributed by atoms with Crippen LogP contribution in [0.2, 0.25) is 0 Å². The number of nitrogens with zero attached hydrogens (tertiary/aromatic N) is 3. The molecule has 1 aliphatic heterocycles. The number of benzene rings is 1. The van der Waals surface area contributed by atoms with Crippen LogP contribution in [0.1, 0.15) is 30.3 Å². The van der Waals surface area contributed by atoms with Crippen molar-refractivity contribution in [3.8, 4) is 11.4 Å². The number of hydrogen-bond donors (Lipinski definition) is 1. The van der Waals surface area contributed by atoms with Gasteiger partial charge in [0.2, 0.25) is 0 Å². The molecule has 0 spiro atoms. The summed E-state index contributed by atoms with van der Waals surface area (Å²) in [6.45, 7) is 8.07. The average molecular weight is 336 g/mol. The van der Waals surface area contributed by atoms with E-state index in [0.29, 0.717) is 29.8 Å². The van der Waals surface area contributed by atoms with E-state index in [9.17, 15) is 4.79 Å². The Morgan fingerprint density at radius 2 is 2.16 bits per heavy atom. The van der Waals surface area contributed by atoms with E-state index < -0.39 is 0 Å². The molecule has 1 amide bonds. The van der Waals surface area contributed by atoms with E-state index in [1.807, 2.05) is 35.2 Å². The van der Waals surface area contributed by atoms with Crippen LogP contribution in [-0.2, 0) is 0 Å². The minimum absolute atomic E-state index is 0.0206. The second kappa shape index (κ2) is 7.92. The van der Waals surface area contributed by atoms with Gasteiger partial charge < -0.3 is 10.2 Å². The lowest BCUT2D eigenvalue weighted by Crippen LogP contribution is -2.39. The molecule has 25 heavy (non-hydrogen) atoms. The zero-order valence-corrected chi connectivity index (χ0v) is 14.6. The highest BCUT2D eigenvalue weighted by Gasteiger charge is 2.24. The van der Waals surface area contributed by atoms with Gasteiger partial charge in [-0.1, -0.05) is 43.3 Å². The van der Waals surface area contributed by atoms with Gasteiger partial charge in [0.05, 0.1) is 0 Å². The minimum Gasteiger partial charge on any atom is -0.366 e. The summed E-state index contributed by atoms with van der Waals surface area (Å²) < 4.78 is 0. The predicted molar refractivity (Wildman–Crippen MR) is 100 cm³/mol. The predicted octanol–water partition coefficient (Wildman–Crippen LogP) is 3.61. The first-order chi connectivity index (χ1) is 12.2. The van der Waals surface area contributed by atoms with Crippen LogP contribution in [0.4, 0.5) is 5.82 Å². The molecule has 130 valence electrons. The Morgan fingerprint density at radius 1 is 1.36 bits per heavy atom. The first-order valence-electron chi connectivity index (χ1n) is 8.76. The van der Waals surface area contributed by atoms with Crippen LogP contribution in [0, 0.1) is 5.92 Å². The van der Waals surface area contributed by atoms with Gasteiger partial charge in [-0.15, -0.1) is 6.58 Å². The summed E-state index contributed by atoms with van der Waals surface area (Å²) in [6, 6.07) is 11.5. The molecule has 0 radical (unpaired) electrons. The van der Waals surface area contributed by atoms with Crippen molar-refractivity contribution in [2.75, 3.05) is 25.0 Å². The van der Waals surface area contributed by atoms with E-state index in [2.05, 4.69) is 28.8 Å². The van der Waals surface area contributed by atoms with E-state index in [4.69, 9.17) is 0 Å². The molecule has 1 atom stereocenters. The number of aromatic nitrogens is 2. The molecule has 0 saturated carbocycles. The molecule has 1 unspecified atom stereocenters. The van der Waals surface area contributed by atoms with Gasteiger partial charge in [-0.05, 0) is 18.8 Å². The molecule has 5 heteroatoms. The highest BCUT2D eigenvalue weighted by molar-refractivity contribution is 5.93. The molecule has 5 nitrogen and oxygen atoms in total. The maximum atomic E-state index is 12.9. The van der Waals surface area contributed by atoms with Gasteiger partial charge in [0.15, 0.2) is 5.82 Å². The molecule has 1 aliphatic rings. The summed E-state index contributed by atoms with van der Waals surface area (Å²) in [6.07, 6.45) is 3.98. The van der Waals surface area contributed by atoms with Crippen molar-refractivity contribution < 1.29 is 4.79 Å². The second-order valence-electron chi connectivity index (χ2n) is 6.50. The van der Waals surface area contributed by atoms with Crippen LogP contribution in [-0.4, -0.2) is 40.4 Å². The largest absolute Gasteiger partial charge is 0.366 e. The molecule has 0 aliphatic carbocycles. The van der Waals surface area contributed by atoms with Gasteiger partial charge in [0.25, 0.3) is 5.91 Å². The summed E-state index contributed by atoms with van der Waals surface area (Å²) in [5.41, 5.74) is 1.33. The monoisotopic (exact) mass is 336 g/mol. The van der Waals surface area contributed by atoms with E-state index in [1.54, 1.807) is 12.1 Å². The molecule has 3 rings (SSSR count). The maximum absolute atomic E-state index is 12.9. The van der Waals surface area contributed by atoms with Crippen LogP contribution in [0.3, 0.4) is 0 Å². The zero-order valence-electron chi connectivity index (χ0n) is 14.6. The standard InChI is InChI=1S/C20H24N4O/c1-3-11-21-18-13-17(20(25)24-12-7-8-15(2)14-24)22-19(23-18)16-9-5-4-6-10-16/h3-6,9-10,13,15H,1,7-8,11-12,14H2,2H3,(H,21,22,23). The number of rotatable bonds is 5. The second-order valence-corrected chi connectivity index (χ2v) is 6.50. The lowest BCUT2D eigenvalue weighted by atomic mass is 10.00. The SMILES string of the molecule is C=CCNc1cc(C(=O)N2CCCC(C)C2)nc(-c2ccccc2)n1. The Morgan fingerprint density at radius 3 is 2.88 bits per heavy atom. The lowest BCUT2D eigenvalue weighted by Gasteiger charge is -2.30. The van der Waals surface area contributed by atoms with E-state index >= 15 is 0 Å².